The molecule has 1 aliphatic rings. The number of benzene rings is 2. The van der Waals surface area contributed by atoms with E-state index >= 15 is 0 Å². The molecule has 2 N–H and O–H groups in total. The molecule has 4 heteroatoms. The Morgan fingerprint density at radius 3 is 2.89 bits per heavy atom. The highest BCUT2D eigenvalue weighted by molar-refractivity contribution is 6.04. The molecule has 2 aromatic carbocycles. The van der Waals surface area contributed by atoms with Gasteiger partial charge in [-0.2, -0.15) is 0 Å². The third-order valence-corrected chi connectivity index (χ3v) is 2.77. The third-order valence-electron chi connectivity index (χ3n) is 2.77. The van der Waals surface area contributed by atoms with Crippen LogP contribution in [0.15, 0.2) is 53.5 Å². The second-order valence-corrected chi connectivity index (χ2v) is 4.08. The van der Waals surface area contributed by atoms with Crippen molar-refractivity contribution in [1.29, 1.82) is 0 Å². The van der Waals surface area contributed by atoms with Crippen LogP contribution in [0.4, 0.5) is 15.8 Å². The molecule has 0 fully saturated rings. The Labute approximate surface area is 104 Å². The van der Waals surface area contributed by atoms with E-state index in [-0.39, 0.29) is 5.82 Å². The number of guanidine groups is 1. The maximum absolute atomic E-state index is 13.1. The molecule has 0 saturated heterocycles. The topological polar surface area (TPSA) is 36.4 Å². The van der Waals surface area contributed by atoms with Gasteiger partial charge in [-0.25, -0.2) is 9.38 Å². The number of halogens is 1. The number of hydrogen-bond donors (Lipinski definition) is 2. The Bertz CT molecular complexity index is 607. The second-order valence-electron chi connectivity index (χ2n) is 4.08. The van der Waals surface area contributed by atoms with Crippen molar-refractivity contribution in [2.75, 3.05) is 10.6 Å². The molecule has 2 aromatic rings. The Kier molecular flexibility index (Phi) is 2.68. The van der Waals surface area contributed by atoms with E-state index in [9.17, 15) is 4.39 Å². The monoisotopic (exact) mass is 241 g/mol. The average Bonchev–Trinajstić information content (AvgIpc) is 2.39. The zero-order valence-corrected chi connectivity index (χ0v) is 9.65. The fraction of sp³-hybridized carbons (Fsp3) is 0.0714. The lowest BCUT2D eigenvalue weighted by Gasteiger charge is -2.19. The van der Waals surface area contributed by atoms with Gasteiger partial charge < -0.3 is 10.6 Å². The Hall–Kier alpha value is -2.36. The molecule has 1 heterocycles. The molecule has 0 aliphatic carbocycles. The van der Waals surface area contributed by atoms with Crippen molar-refractivity contribution in [1.82, 2.24) is 0 Å². The standard InChI is InChI=1S/C14H12FN3/c15-11-5-3-6-12(8-11)17-14-16-9-10-4-1-2-7-13(10)18-14/h1-8H,9H2,(H2,16,17,18). The first-order valence-corrected chi connectivity index (χ1v) is 5.73. The summed E-state index contributed by atoms with van der Waals surface area (Å²) in [7, 11) is 0. The molecule has 0 spiro atoms. The minimum atomic E-state index is -0.267. The van der Waals surface area contributed by atoms with Gasteiger partial charge in [0, 0.05) is 11.4 Å². The number of fused-ring (bicyclic) bond motifs is 1. The van der Waals surface area contributed by atoms with Gasteiger partial charge in [-0.3, -0.25) is 0 Å². The first-order valence-electron chi connectivity index (χ1n) is 5.73. The Balaban J connectivity index is 1.78. The number of nitrogens with one attached hydrogen (secondary N) is 2. The van der Waals surface area contributed by atoms with Crippen LogP contribution in [0.5, 0.6) is 0 Å². The molecule has 90 valence electrons. The summed E-state index contributed by atoms with van der Waals surface area (Å²) in [5.41, 5.74) is 2.87. The van der Waals surface area contributed by atoms with Crippen molar-refractivity contribution in [2.24, 2.45) is 4.99 Å². The summed E-state index contributed by atoms with van der Waals surface area (Å²) in [6.07, 6.45) is 0. The quantitative estimate of drug-likeness (QED) is 0.804. The molecule has 3 nitrogen and oxygen atoms in total. The molecule has 0 bridgehead atoms. The molecule has 0 unspecified atom stereocenters. The maximum Gasteiger partial charge on any atom is 0.200 e. The second kappa shape index (κ2) is 4.49. The van der Waals surface area contributed by atoms with Gasteiger partial charge in [0.15, 0.2) is 0 Å². The maximum atomic E-state index is 13.1. The summed E-state index contributed by atoms with van der Waals surface area (Å²) in [6.45, 7) is 0.626. The molecule has 0 amide bonds. The molecule has 18 heavy (non-hydrogen) atoms. The highest BCUT2D eigenvalue weighted by Crippen LogP contribution is 2.20. The summed E-state index contributed by atoms with van der Waals surface area (Å²) in [5, 5.41) is 6.24. The van der Waals surface area contributed by atoms with Crippen LogP contribution in [0.3, 0.4) is 0 Å². The number of nitrogens with zero attached hydrogens (tertiary/aromatic N) is 1. The van der Waals surface area contributed by atoms with E-state index in [1.54, 1.807) is 12.1 Å². The van der Waals surface area contributed by atoms with Gasteiger partial charge >= 0.3 is 0 Å². The van der Waals surface area contributed by atoms with E-state index in [0.717, 1.165) is 11.3 Å². The predicted octanol–water partition coefficient (Wildman–Crippen LogP) is 3.22. The van der Waals surface area contributed by atoms with Crippen LogP contribution in [0.1, 0.15) is 5.56 Å². The highest BCUT2D eigenvalue weighted by Gasteiger charge is 2.10. The Morgan fingerprint density at radius 2 is 2.00 bits per heavy atom. The van der Waals surface area contributed by atoms with Gasteiger partial charge in [-0.15, -0.1) is 0 Å². The number of anilines is 2. The first kappa shape index (κ1) is 10.8. The van der Waals surface area contributed by atoms with Crippen LogP contribution in [-0.2, 0) is 6.54 Å². The van der Waals surface area contributed by atoms with Crippen molar-refractivity contribution >= 4 is 17.3 Å². The molecule has 1 aliphatic heterocycles. The molecular formula is C14H12FN3. The average molecular weight is 241 g/mol. The SMILES string of the molecule is Fc1cccc(NC2=NCc3ccccc3N2)c1. The zero-order valence-electron chi connectivity index (χ0n) is 9.65. The van der Waals surface area contributed by atoms with E-state index < -0.39 is 0 Å². The summed E-state index contributed by atoms with van der Waals surface area (Å²) in [6, 6.07) is 14.3. The summed E-state index contributed by atoms with van der Waals surface area (Å²) < 4.78 is 13.1. The van der Waals surface area contributed by atoms with E-state index in [1.807, 2.05) is 24.3 Å². The fourth-order valence-electron chi connectivity index (χ4n) is 1.89. The minimum Gasteiger partial charge on any atom is -0.326 e. The van der Waals surface area contributed by atoms with Crippen molar-refractivity contribution in [2.45, 2.75) is 6.54 Å². The number of aliphatic imine (C=N–C) groups is 1. The molecule has 0 atom stereocenters. The lowest BCUT2D eigenvalue weighted by atomic mass is 10.1. The largest absolute Gasteiger partial charge is 0.326 e. The lowest BCUT2D eigenvalue weighted by molar-refractivity contribution is 0.628. The van der Waals surface area contributed by atoms with Crippen molar-refractivity contribution < 1.29 is 4.39 Å². The predicted molar refractivity (Wildman–Crippen MR) is 71.2 cm³/mol. The van der Waals surface area contributed by atoms with Crippen LogP contribution >= 0.6 is 0 Å². The van der Waals surface area contributed by atoms with Crippen LogP contribution in [0.2, 0.25) is 0 Å². The van der Waals surface area contributed by atoms with Crippen LogP contribution < -0.4 is 10.6 Å². The Morgan fingerprint density at radius 1 is 1.11 bits per heavy atom. The molecular weight excluding hydrogens is 229 g/mol. The zero-order chi connectivity index (χ0) is 12.4. The third kappa shape index (κ3) is 2.18. The normalized spacial score (nSPS) is 13.3. The van der Waals surface area contributed by atoms with Gasteiger partial charge in [0.05, 0.1) is 6.54 Å². The molecule has 0 saturated carbocycles. The van der Waals surface area contributed by atoms with Crippen LogP contribution in [0, 0.1) is 5.82 Å². The lowest BCUT2D eigenvalue weighted by Crippen LogP contribution is -2.25. The highest BCUT2D eigenvalue weighted by atomic mass is 19.1. The van der Waals surface area contributed by atoms with E-state index in [2.05, 4.69) is 15.6 Å². The van der Waals surface area contributed by atoms with Crippen molar-refractivity contribution in [3.63, 3.8) is 0 Å². The summed E-state index contributed by atoms with van der Waals surface area (Å²) >= 11 is 0. The first-order chi connectivity index (χ1) is 8.81. The molecule has 0 radical (unpaired) electrons. The number of rotatable bonds is 1. The van der Waals surface area contributed by atoms with Gasteiger partial charge in [0.25, 0.3) is 0 Å². The van der Waals surface area contributed by atoms with Crippen LogP contribution in [0.25, 0.3) is 0 Å². The van der Waals surface area contributed by atoms with E-state index in [1.165, 1.54) is 12.1 Å². The molecule has 3 rings (SSSR count). The fourth-order valence-corrected chi connectivity index (χ4v) is 1.89. The van der Waals surface area contributed by atoms with Gasteiger partial charge in [0.1, 0.15) is 5.82 Å². The number of para-hydroxylation sites is 1. The van der Waals surface area contributed by atoms with Gasteiger partial charge in [0.2, 0.25) is 5.96 Å². The van der Waals surface area contributed by atoms with Crippen molar-refractivity contribution in [3.05, 3.63) is 59.9 Å². The minimum absolute atomic E-state index is 0.267. The summed E-state index contributed by atoms with van der Waals surface area (Å²) in [5.74, 6) is 0.371. The van der Waals surface area contributed by atoms with E-state index in [0.29, 0.717) is 18.2 Å². The smallest absolute Gasteiger partial charge is 0.200 e. The summed E-state index contributed by atoms with van der Waals surface area (Å²) in [4.78, 5) is 4.37. The van der Waals surface area contributed by atoms with Gasteiger partial charge in [-0.05, 0) is 29.8 Å². The van der Waals surface area contributed by atoms with E-state index in [4.69, 9.17) is 0 Å². The van der Waals surface area contributed by atoms with Gasteiger partial charge in [-0.1, -0.05) is 24.3 Å². The van der Waals surface area contributed by atoms with Crippen LogP contribution in [-0.4, -0.2) is 5.96 Å². The molecule has 0 aromatic heterocycles. The van der Waals surface area contributed by atoms with Crippen molar-refractivity contribution in [3.8, 4) is 0 Å². The number of hydrogen-bond acceptors (Lipinski definition) is 3.